The molecule has 0 aliphatic rings. The minimum Gasteiger partial charge on any atom is -0.384 e. The number of H-pyrrole nitrogens is 1. The van der Waals surface area contributed by atoms with Crippen LogP contribution in [0.2, 0.25) is 0 Å². The van der Waals surface area contributed by atoms with E-state index in [-0.39, 0.29) is 5.91 Å². The van der Waals surface area contributed by atoms with E-state index < -0.39 is 0 Å². The van der Waals surface area contributed by atoms with Gasteiger partial charge in [-0.05, 0) is 32.4 Å². The van der Waals surface area contributed by atoms with E-state index in [2.05, 4.69) is 30.8 Å². The molecule has 3 aromatic heterocycles. The topological polar surface area (TPSA) is 122 Å². The lowest BCUT2D eigenvalue weighted by molar-refractivity contribution is 0.0948. The molecule has 0 aliphatic carbocycles. The lowest BCUT2D eigenvalue weighted by atomic mass is 10.1. The molecule has 0 unspecified atom stereocenters. The first kappa shape index (κ1) is 19.8. The number of carbonyl (C=O) groups excluding carboxylic acids is 1. The zero-order valence-electron chi connectivity index (χ0n) is 16.8. The average molecular weight is 422 g/mol. The Bertz CT molecular complexity index is 1180. The molecule has 1 amide bonds. The van der Waals surface area contributed by atoms with Gasteiger partial charge in [-0.3, -0.25) is 9.89 Å². The number of nitrogens with zero attached hydrogens (tertiary/aromatic N) is 3. The Morgan fingerprint density at radius 3 is 2.77 bits per heavy atom. The summed E-state index contributed by atoms with van der Waals surface area (Å²) in [6.45, 7) is 5.07. The lowest BCUT2D eigenvalue weighted by Crippen LogP contribution is -2.26. The molecule has 154 valence electrons. The SMILES string of the molecule is Cc1nc(C(=O)NCCCNc2cc(N)nc3cc(-c4ccn[nH]4)ccc23)c(C)s1. The molecule has 0 bridgehead atoms. The summed E-state index contributed by atoms with van der Waals surface area (Å²) in [4.78, 5) is 21.9. The van der Waals surface area contributed by atoms with Gasteiger partial charge in [0.05, 0.1) is 16.2 Å². The predicted octanol–water partition coefficient (Wildman–Crippen LogP) is 3.51. The number of rotatable bonds is 7. The molecular weight excluding hydrogens is 398 g/mol. The second-order valence-corrected chi connectivity index (χ2v) is 8.38. The Morgan fingerprint density at radius 1 is 1.17 bits per heavy atom. The zero-order chi connectivity index (χ0) is 21.1. The molecule has 0 aliphatic heterocycles. The highest BCUT2D eigenvalue weighted by Crippen LogP contribution is 2.28. The van der Waals surface area contributed by atoms with Crippen LogP contribution in [0.25, 0.3) is 22.2 Å². The van der Waals surface area contributed by atoms with Crippen molar-refractivity contribution in [1.82, 2.24) is 25.5 Å². The average Bonchev–Trinajstić information content (AvgIpc) is 3.36. The molecule has 0 atom stereocenters. The molecule has 0 spiro atoms. The summed E-state index contributed by atoms with van der Waals surface area (Å²) in [5.74, 6) is 0.330. The highest BCUT2D eigenvalue weighted by atomic mass is 32.1. The maximum Gasteiger partial charge on any atom is 0.271 e. The number of thiazole rings is 1. The second kappa shape index (κ2) is 8.50. The second-order valence-electron chi connectivity index (χ2n) is 6.97. The van der Waals surface area contributed by atoms with Gasteiger partial charge in [-0.2, -0.15) is 5.10 Å². The van der Waals surface area contributed by atoms with Crippen molar-refractivity contribution in [2.75, 3.05) is 24.1 Å². The van der Waals surface area contributed by atoms with E-state index in [1.54, 1.807) is 6.20 Å². The number of aryl methyl sites for hydroxylation is 2. The monoisotopic (exact) mass is 421 g/mol. The molecule has 0 radical (unpaired) electrons. The van der Waals surface area contributed by atoms with Gasteiger partial charge in [0.2, 0.25) is 0 Å². The van der Waals surface area contributed by atoms with Crippen LogP contribution < -0.4 is 16.4 Å². The molecule has 3 heterocycles. The predicted molar refractivity (Wildman–Crippen MR) is 121 cm³/mol. The molecule has 8 nitrogen and oxygen atoms in total. The third kappa shape index (κ3) is 4.25. The molecule has 4 aromatic rings. The number of carbonyl (C=O) groups is 1. The summed E-state index contributed by atoms with van der Waals surface area (Å²) in [5.41, 5.74) is 10.2. The molecule has 5 N–H and O–H groups in total. The van der Waals surface area contributed by atoms with Crippen LogP contribution in [0, 0.1) is 13.8 Å². The number of aromatic nitrogens is 4. The molecule has 0 saturated heterocycles. The van der Waals surface area contributed by atoms with Crippen LogP contribution in [0.1, 0.15) is 26.8 Å². The summed E-state index contributed by atoms with van der Waals surface area (Å²) in [6, 6.07) is 9.78. The first-order chi connectivity index (χ1) is 14.5. The van der Waals surface area contributed by atoms with Crippen molar-refractivity contribution in [2.45, 2.75) is 20.3 Å². The van der Waals surface area contributed by atoms with Gasteiger partial charge < -0.3 is 16.4 Å². The van der Waals surface area contributed by atoms with Gasteiger partial charge in [0.25, 0.3) is 5.91 Å². The Labute approximate surface area is 177 Å². The van der Waals surface area contributed by atoms with Crippen molar-refractivity contribution in [3.05, 3.63) is 52.1 Å². The first-order valence-electron chi connectivity index (χ1n) is 9.67. The van der Waals surface area contributed by atoms with Crippen LogP contribution in [-0.4, -0.2) is 39.2 Å². The smallest absolute Gasteiger partial charge is 0.271 e. The Kier molecular flexibility index (Phi) is 5.62. The third-order valence-corrected chi connectivity index (χ3v) is 5.60. The van der Waals surface area contributed by atoms with Crippen molar-refractivity contribution < 1.29 is 4.79 Å². The third-order valence-electron chi connectivity index (χ3n) is 4.71. The summed E-state index contributed by atoms with van der Waals surface area (Å²) >= 11 is 1.53. The van der Waals surface area contributed by atoms with Crippen molar-refractivity contribution >= 4 is 39.7 Å². The minimum atomic E-state index is -0.123. The number of hydrogen-bond acceptors (Lipinski definition) is 7. The molecule has 30 heavy (non-hydrogen) atoms. The van der Waals surface area contributed by atoms with E-state index in [1.807, 2.05) is 44.2 Å². The standard InChI is InChI=1S/C21H23N7OS/c1-12-20(26-13(2)30-12)21(29)24-8-3-7-23-17-11-19(22)27-18-10-14(4-5-15(17)18)16-6-9-25-28-16/h4-6,9-11H,3,7-8H2,1-2H3,(H,24,29)(H,25,28)(H3,22,23,27). The Morgan fingerprint density at radius 2 is 2.03 bits per heavy atom. The van der Waals surface area contributed by atoms with Crippen molar-refractivity contribution in [2.24, 2.45) is 0 Å². The normalized spacial score (nSPS) is 11.0. The number of fused-ring (bicyclic) bond motifs is 1. The van der Waals surface area contributed by atoms with E-state index >= 15 is 0 Å². The zero-order valence-corrected chi connectivity index (χ0v) is 17.6. The molecule has 0 fully saturated rings. The summed E-state index contributed by atoms with van der Waals surface area (Å²) in [7, 11) is 0. The maximum absolute atomic E-state index is 12.2. The number of amides is 1. The van der Waals surface area contributed by atoms with Crippen LogP contribution in [0.3, 0.4) is 0 Å². The van der Waals surface area contributed by atoms with E-state index in [1.165, 1.54) is 11.3 Å². The van der Waals surface area contributed by atoms with Gasteiger partial charge in [-0.1, -0.05) is 12.1 Å². The van der Waals surface area contributed by atoms with E-state index in [0.29, 0.717) is 24.6 Å². The summed E-state index contributed by atoms with van der Waals surface area (Å²) < 4.78 is 0. The number of hydrogen-bond donors (Lipinski definition) is 4. The number of anilines is 2. The molecular formula is C21H23N7OS. The van der Waals surface area contributed by atoms with E-state index in [4.69, 9.17) is 5.73 Å². The van der Waals surface area contributed by atoms with Crippen molar-refractivity contribution in [1.29, 1.82) is 0 Å². The van der Waals surface area contributed by atoms with Gasteiger partial charge in [0.1, 0.15) is 11.5 Å². The highest BCUT2D eigenvalue weighted by Gasteiger charge is 2.13. The fourth-order valence-corrected chi connectivity index (χ4v) is 4.13. The number of benzene rings is 1. The lowest BCUT2D eigenvalue weighted by Gasteiger charge is -2.12. The number of pyridine rings is 1. The summed E-state index contributed by atoms with van der Waals surface area (Å²) in [5, 5.41) is 15.2. The van der Waals surface area contributed by atoms with E-state index in [9.17, 15) is 4.79 Å². The van der Waals surface area contributed by atoms with Crippen LogP contribution in [0.15, 0.2) is 36.5 Å². The molecule has 9 heteroatoms. The Balaban J connectivity index is 1.38. The van der Waals surface area contributed by atoms with Crippen LogP contribution in [-0.2, 0) is 0 Å². The van der Waals surface area contributed by atoms with Gasteiger partial charge in [-0.25, -0.2) is 9.97 Å². The fraction of sp³-hybridized carbons (Fsp3) is 0.238. The number of aromatic amines is 1. The maximum atomic E-state index is 12.2. The minimum absolute atomic E-state index is 0.123. The number of nitrogen functional groups attached to an aromatic ring is 1. The van der Waals surface area contributed by atoms with Gasteiger partial charge in [0, 0.05) is 46.9 Å². The number of nitrogens with two attached hydrogens (primary N) is 1. The van der Waals surface area contributed by atoms with Crippen molar-refractivity contribution in [3.63, 3.8) is 0 Å². The fourth-order valence-electron chi connectivity index (χ4n) is 3.32. The van der Waals surface area contributed by atoms with E-state index in [0.717, 1.165) is 44.2 Å². The van der Waals surface area contributed by atoms with Crippen LogP contribution in [0.4, 0.5) is 11.5 Å². The van der Waals surface area contributed by atoms with Gasteiger partial charge in [0.15, 0.2) is 0 Å². The Hall–Kier alpha value is -3.46. The molecule has 1 aromatic carbocycles. The van der Waals surface area contributed by atoms with Crippen molar-refractivity contribution in [3.8, 4) is 11.3 Å². The highest BCUT2D eigenvalue weighted by molar-refractivity contribution is 7.11. The van der Waals surface area contributed by atoms with Gasteiger partial charge in [-0.15, -0.1) is 11.3 Å². The van der Waals surface area contributed by atoms with Crippen LogP contribution >= 0.6 is 11.3 Å². The molecule has 4 rings (SSSR count). The summed E-state index contributed by atoms with van der Waals surface area (Å²) in [6.07, 6.45) is 2.48. The quantitative estimate of drug-likeness (QED) is 0.339. The molecule has 0 saturated carbocycles. The van der Waals surface area contributed by atoms with Crippen LogP contribution in [0.5, 0.6) is 0 Å². The van der Waals surface area contributed by atoms with Gasteiger partial charge >= 0.3 is 0 Å². The number of nitrogens with one attached hydrogen (secondary N) is 3. The largest absolute Gasteiger partial charge is 0.384 e. The first-order valence-corrected chi connectivity index (χ1v) is 10.5.